The lowest BCUT2D eigenvalue weighted by Crippen LogP contribution is -2.41. The molecule has 0 unspecified atom stereocenters. The molecule has 4 aromatic rings. The average Bonchev–Trinajstić information content (AvgIpc) is 3.45. The van der Waals surface area contributed by atoms with Crippen molar-refractivity contribution in [3.05, 3.63) is 76.9 Å². The van der Waals surface area contributed by atoms with E-state index in [9.17, 15) is 14.4 Å². The van der Waals surface area contributed by atoms with E-state index in [0.717, 1.165) is 0 Å². The predicted octanol–water partition coefficient (Wildman–Crippen LogP) is 3.99. The fourth-order valence-electron chi connectivity index (χ4n) is 4.02. The number of nitrogens with zero attached hydrogens (tertiary/aromatic N) is 1. The van der Waals surface area contributed by atoms with Crippen molar-refractivity contribution < 1.29 is 23.2 Å². The summed E-state index contributed by atoms with van der Waals surface area (Å²) < 4.78 is 11.1. The highest BCUT2D eigenvalue weighted by Gasteiger charge is 2.29. The number of para-hydroxylation sites is 1. The van der Waals surface area contributed by atoms with Crippen LogP contribution >= 0.6 is 0 Å². The molecule has 0 aliphatic heterocycles. The monoisotopic (exact) mass is 429 g/mol. The highest BCUT2D eigenvalue weighted by molar-refractivity contribution is 6.08. The summed E-state index contributed by atoms with van der Waals surface area (Å²) >= 11 is 0. The Morgan fingerprint density at radius 2 is 1.84 bits per heavy atom. The summed E-state index contributed by atoms with van der Waals surface area (Å²) in [6.07, 6.45) is 3.28. The molecule has 32 heavy (non-hydrogen) atoms. The van der Waals surface area contributed by atoms with Gasteiger partial charge in [-0.3, -0.25) is 25.2 Å². The molecule has 2 N–H and O–H groups in total. The normalized spacial score (nSPS) is 13.1. The quantitative estimate of drug-likeness (QED) is 0.476. The van der Waals surface area contributed by atoms with E-state index in [-0.39, 0.29) is 11.5 Å². The molecule has 5 rings (SSSR count). The lowest BCUT2D eigenvalue weighted by atomic mass is 9.94. The average molecular weight is 429 g/mol. The van der Waals surface area contributed by atoms with Crippen LogP contribution in [0.1, 0.15) is 55.4 Å². The topological polar surface area (TPSA) is 114 Å². The molecule has 0 radical (unpaired) electrons. The summed E-state index contributed by atoms with van der Waals surface area (Å²) in [4.78, 5) is 42.4. The molecule has 0 bridgehead atoms. The minimum atomic E-state index is -0.623. The van der Waals surface area contributed by atoms with E-state index in [4.69, 9.17) is 8.83 Å². The molecule has 3 aromatic heterocycles. The third kappa shape index (κ3) is 3.35. The number of fused-ring (bicyclic) bond motifs is 2. The van der Waals surface area contributed by atoms with Gasteiger partial charge in [-0.15, -0.1) is 0 Å². The van der Waals surface area contributed by atoms with Gasteiger partial charge in [0.15, 0.2) is 17.3 Å². The summed E-state index contributed by atoms with van der Waals surface area (Å²) in [5.74, 6) is -0.0862. The van der Waals surface area contributed by atoms with E-state index >= 15 is 0 Å². The number of aryl methyl sites for hydroxylation is 1. The Labute approximate surface area is 182 Å². The lowest BCUT2D eigenvalue weighted by molar-refractivity contribution is 0.0830. The van der Waals surface area contributed by atoms with Crippen molar-refractivity contribution in [2.45, 2.75) is 26.2 Å². The molecule has 0 atom stereocenters. The molecular weight excluding hydrogens is 410 g/mol. The molecule has 0 fully saturated rings. The van der Waals surface area contributed by atoms with Gasteiger partial charge in [0.1, 0.15) is 11.5 Å². The van der Waals surface area contributed by atoms with Gasteiger partial charge in [-0.1, -0.05) is 18.2 Å². The Hall–Kier alpha value is -4.20. The number of hydrazine groups is 1. The van der Waals surface area contributed by atoms with E-state index in [1.165, 1.54) is 6.26 Å². The number of furan rings is 2. The zero-order valence-corrected chi connectivity index (χ0v) is 17.2. The van der Waals surface area contributed by atoms with Crippen molar-refractivity contribution in [1.29, 1.82) is 0 Å². The molecule has 0 saturated carbocycles. The number of benzene rings is 1. The summed E-state index contributed by atoms with van der Waals surface area (Å²) in [6.45, 7) is 1.67. The maximum Gasteiger partial charge on any atom is 0.305 e. The van der Waals surface area contributed by atoms with Gasteiger partial charge in [0, 0.05) is 23.8 Å². The lowest BCUT2D eigenvalue weighted by Gasteiger charge is -2.10. The molecule has 2 amide bonds. The number of Topliss-reactive ketones (excluding diaryl/α,β-unsaturated/α-hetero) is 1. The molecule has 8 heteroatoms. The van der Waals surface area contributed by atoms with Crippen LogP contribution in [-0.2, 0) is 6.42 Å². The summed E-state index contributed by atoms with van der Waals surface area (Å²) in [6, 6.07) is 12.3. The van der Waals surface area contributed by atoms with Crippen LogP contribution < -0.4 is 10.9 Å². The Kier molecular flexibility index (Phi) is 4.82. The van der Waals surface area contributed by atoms with Gasteiger partial charge in [-0.25, -0.2) is 4.98 Å². The Morgan fingerprint density at radius 1 is 1.03 bits per heavy atom. The molecular formula is C24H19N3O5. The second kappa shape index (κ2) is 7.81. The number of nitrogens with one attached hydrogen (secondary N) is 2. The van der Waals surface area contributed by atoms with Crippen LogP contribution in [0.15, 0.2) is 57.6 Å². The van der Waals surface area contributed by atoms with Gasteiger partial charge in [0.05, 0.1) is 22.9 Å². The summed E-state index contributed by atoms with van der Waals surface area (Å²) in [5, 5.41) is 0.629. The van der Waals surface area contributed by atoms with E-state index in [0.29, 0.717) is 64.1 Å². The molecule has 1 aromatic carbocycles. The molecule has 1 aliphatic rings. The standard InChI is InChI=1S/C24H19N3O5/c1-13-21-18(28)8-4-9-20(21)32-22(13)24(30)27-26-23(29)15-12-17(19-10-5-11-31-19)25-16-7-3-2-6-14(15)16/h2-3,5-7,10-12H,4,8-9H2,1H3,(H,26,29)(H,27,30). The van der Waals surface area contributed by atoms with E-state index in [1.54, 1.807) is 43.3 Å². The third-order valence-electron chi connectivity index (χ3n) is 5.54. The summed E-state index contributed by atoms with van der Waals surface area (Å²) in [5.41, 5.74) is 7.25. The van der Waals surface area contributed by atoms with Gasteiger partial charge in [-0.05, 0) is 37.6 Å². The summed E-state index contributed by atoms with van der Waals surface area (Å²) in [7, 11) is 0. The minimum absolute atomic E-state index is 0.0238. The maximum absolute atomic E-state index is 13.0. The number of carbonyl (C=O) groups excluding carboxylic acids is 3. The van der Waals surface area contributed by atoms with Crippen LogP contribution in [0, 0.1) is 6.92 Å². The van der Waals surface area contributed by atoms with Crippen molar-refractivity contribution in [3.63, 3.8) is 0 Å². The largest absolute Gasteiger partial charge is 0.463 e. The number of carbonyl (C=O) groups is 3. The molecule has 3 heterocycles. The predicted molar refractivity (Wildman–Crippen MR) is 115 cm³/mol. The maximum atomic E-state index is 13.0. The second-order valence-corrected chi connectivity index (χ2v) is 7.59. The van der Waals surface area contributed by atoms with Crippen LogP contribution in [0.2, 0.25) is 0 Å². The number of pyridine rings is 1. The SMILES string of the molecule is Cc1c(C(=O)NNC(=O)c2cc(-c3ccco3)nc3ccccc23)oc2c1C(=O)CCC2. The van der Waals surface area contributed by atoms with Crippen molar-refractivity contribution in [1.82, 2.24) is 15.8 Å². The zero-order valence-electron chi connectivity index (χ0n) is 17.2. The van der Waals surface area contributed by atoms with E-state index < -0.39 is 11.8 Å². The Bertz CT molecular complexity index is 1370. The molecule has 8 nitrogen and oxygen atoms in total. The van der Waals surface area contributed by atoms with Crippen LogP contribution in [0.4, 0.5) is 0 Å². The highest BCUT2D eigenvalue weighted by atomic mass is 16.4. The highest BCUT2D eigenvalue weighted by Crippen LogP contribution is 2.29. The smallest absolute Gasteiger partial charge is 0.305 e. The van der Waals surface area contributed by atoms with E-state index in [1.807, 2.05) is 6.07 Å². The van der Waals surface area contributed by atoms with Crippen molar-refractivity contribution >= 4 is 28.5 Å². The minimum Gasteiger partial charge on any atom is -0.463 e. The first-order valence-corrected chi connectivity index (χ1v) is 10.2. The van der Waals surface area contributed by atoms with Crippen molar-refractivity contribution in [3.8, 4) is 11.5 Å². The number of hydrogen-bond donors (Lipinski definition) is 2. The first-order chi connectivity index (χ1) is 15.5. The van der Waals surface area contributed by atoms with Crippen molar-refractivity contribution in [2.24, 2.45) is 0 Å². The molecule has 0 spiro atoms. The zero-order chi connectivity index (χ0) is 22.2. The fourth-order valence-corrected chi connectivity index (χ4v) is 4.02. The van der Waals surface area contributed by atoms with Crippen LogP contribution in [0.25, 0.3) is 22.4 Å². The Balaban J connectivity index is 1.41. The molecule has 1 aliphatic carbocycles. The van der Waals surface area contributed by atoms with Gasteiger partial charge in [-0.2, -0.15) is 0 Å². The number of amides is 2. The Morgan fingerprint density at radius 3 is 2.62 bits per heavy atom. The molecule has 160 valence electrons. The fraction of sp³-hybridized carbons (Fsp3) is 0.167. The van der Waals surface area contributed by atoms with Gasteiger partial charge in [0.2, 0.25) is 0 Å². The third-order valence-corrected chi connectivity index (χ3v) is 5.54. The van der Waals surface area contributed by atoms with Crippen molar-refractivity contribution in [2.75, 3.05) is 0 Å². The number of ketones is 1. The van der Waals surface area contributed by atoms with Gasteiger partial charge in [0.25, 0.3) is 5.91 Å². The van der Waals surface area contributed by atoms with E-state index in [2.05, 4.69) is 15.8 Å². The number of hydrogen-bond acceptors (Lipinski definition) is 6. The first kappa shape index (κ1) is 19.7. The van der Waals surface area contributed by atoms with Gasteiger partial charge < -0.3 is 8.83 Å². The van der Waals surface area contributed by atoms with Gasteiger partial charge >= 0.3 is 5.91 Å². The molecule has 0 saturated heterocycles. The number of aromatic nitrogens is 1. The second-order valence-electron chi connectivity index (χ2n) is 7.59. The first-order valence-electron chi connectivity index (χ1n) is 10.2. The number of rotatable bonds is 3. The van der Waals surface area contributed by atoms with Crippen LogP contribution in [0.5, 0.6) is 0 Å². The van der Waals surface area contributed by atoms with Crippen LogP contribution in [-0.4, -0.2) is 22.6 Å². The van der Waals surface area contributed by atoms with Crippen LogP contribution in [0.3, 0.4) is 0 Å².